The van der Waals surface area contributed by atoms with Crippen molar-refractivity contribution in [3.63, 3.8) is 0 Å². The van der Waals surface area contributed by atoms with Crippen molar-refractivity contribution in [1.29, 1.82) is 0 Å². The number of benzene rings is 1. The second kappa shape index (κ2) is 8.27. The highest BCUT2D eigenvalue weighted by Crippen LogP contribution is 2.24. The van der Waals surface area contributed by atoms with E-state index >= 15 is 0 Å². The Morgan fingerprint density at radius 1 is 1.35 bits per heavy atom. The molecule has 1 aromatic carbocycles. The Balaban J connectivity index is 2.58. The zero-order valence-corrected chi connectivity index (χ0v) is 11.4. The first-order chi connectivity index (χ1) is 8.29. The normalized spacial score (nSPS) is 12.3. The van der Waals surface area contributed by atoms with E-state index in [1.807, 2.05) is 30.3 Å². The molecule has 0 radical (unpaired) electrons. The van der Waals surface area contributed by atoms with Crippen LogP contribution in [0.25, 0.3) is 0 Å². The van der Waals surface area contributed by atoms with Crippen molar-refractivity contribution < 1.29 is 9.09 Å². The monoisotopic (exact) mass is 252 g/mol. The first kappa shape index (κ1) is 14.2. The molecule has 0 amide bonds. The van der Waals surface area contributed by atoms with Gasteiger partial charge >= 0.3 is 0 Å². The fourth-order valence-electron chi connectivity index (χ4n) is 1.65. The standard InChI is InChI=1S/C14H21O2P/c1-3-5-8-12-16-17(15)14-11-7-6-10-13(14)9-4-2/h4,6-7,10-11,17H,2-3,5,8-9,12H2,1H3. The molecule has 1 aromatic rings. The Bertz CT molecular complexity index is 374. The molecule has 1 unspecified atom stereocenters. The Morgan fingerprint density at radius 2 is 2.12 bits per heavy atom. The highest BCUT2D eigenvalue weighted by Gasteiger charge is 2.08. The largest absolute Gasteiger partial charge is 0.327 e. The third-order valence-electron chi connectivity index (χ3n) is 2.58. The van der Waals surface area contributed by atoms with E-state index < -0.39 is 8.03 Å². The van der Waals surface area contributed by atoms with Crippen molar-refractivity contribution >= 4 is 13.3 Å². The average molecular weight is 252 g/mol. The Hall–Kier alpha value is -0.850. The van der Waals surface area contributed by atoms with Gasteiger partial charge in [0.05, 0.1) is 6.61 Å². The third kappa shape index (κ3) is 4.89. The van der Waals surface area contributed by atoms with Gasteiger partial charge in [-0.25, -0.2) is 0 Å². The molecule has 0 aliphatic heterocycles. The molecule has 17 heavy (non-hydrogen) atoms. The van der Waals surface area contributed by atoms with Gasteiger partial charge in [-0.05, 0) is 24.5 Å². The second-order valence-corrected chi connectivity index (χ2v) is 5.40. The molecule has 0 aromatic heterocycles. The molecule has 0 aliphatic carbocycles. The maximum Gasteiger partial charge on any atom is 0.220 e. The van der Waals surface area contributed by atoms with Crippen LogP contribution in [0.3, 0.4) is 0 Å². The number of unbranched alkanes of at least 4 members (excludes halogenated alkanes) is 2. The molecular weight excluding hydrogens is 231 g/mol. The van der Waals surface area contributed by atoms with Crippen LogP contribution in [-0.2, 0) is 15.5 Å². The lowest BCUT2D eigenvalue weighted by Crippen LogP contribution is -2.06. The molecule has 0 fully saturated rings. The lowest BCUT2D eigenvalue weighted by atomic mass is 10.1. The molecule has 2 nitrogen and oxygen atoms in total. The van der Waals surface area contributed by atoms with E-state index in [-0.39, 0.29) is 0 Å². The van der Waals surface area contributed by atoms with Gasteiger partial charge in [-0.15, -0.1) is 6.58 Å². The first-order valence-electron chi connectivity index (χ1n) is 6.15. The molecule has 1 rings (SSSR count). The van der Waals surface area contributed by atoms with Gasteiger partial charge in [0.25, 0.3) is 0 Å². The smallest absolute Gasteiger partial charge is 0.220 e. The molecule has 94 valence electrons. The Morgan fingerprint density at radius 3 is 2.82 bits per heavy atom. The van der Waals surface area contributed by atoms with Crippen molar-refractivity contribution in [1.82, 2.24) is 0 Å². The number of rotatable bonds is 8. The topological polar surface area (TPSA) is 26.3 Å². The van der Waals surface area contributed by atoms with Crippen molar-refractivity contribution in [3.8, 4) is 0 Å². The van der Waals surface area contributed by atoms with Gasteiger partial charge in [0.2, 0.25) is 8.03 Å². The van der Waals surface area contributed by atoms with Gasteiger partial charge < -0.3 is 4.52 Å². The van der Waals surface area contributed by atoms with Crippen LogP contribution in [0.5, 0.6) is 0 Å². The molecule has 3 heteroatoms. The highest BCUT2D eigenvalue weighted by atomic mass is 31.1. The van der Waals surface area contributed by atoms with E-state index in [1.54, 1.807) is 0 Å². The van der Waals surface area contributed by atoms with Gasteiger partial charge in [-0.2, -0.15) is 0 Å². The summed E-state index contributed by atoms with van der Waals surface area (Å²) in [7, 11) is -2.10. The minimum absolute atomic E-state index is 0.591. The zero-order valence-electron chi connectivity index (χ0n) is 10.4. The van der Waals surface area contributed by atoms with E-state index in [9.17, 15) is 4.57 Å². The summed E-state index contributed by atoms with van der Waals surface area (Å²) in [5.74, 6) is 0. The molecule has 0 aliphatic rings. The third-order valence-corrected chi connectivity index (χ3v) is 3.98. The van der Waals surface area contributed by atoms with Crippen LogP contribution in [-0.4, -0.2) is 6.61 Å². The van der Waals surface area contributed by atoms with Gasteiger partial charge in [0.1, 0.15) is 0 Å². The molecule has 0 heterocycles. The predicted molar refractivity (Wildman–Crippen MR) is 74.5 cm³/mol. The van der Waals surface area contributed by atoms with Crippen LogP contribution in [0.15, 0.2) is 36.9 Å². The summed E-state index contributed by atoms with van der Waals surface area (Å²) >= 11 is 0. The summed E-state index contributed by atoms with van der Waals surface area (Å²) in [6, 6.07) is 7.73. The SMILES string of the molecule is C=CCc1ccccc1[PH](=O)OCCCCC. The predicted octanol–water partition coefficient (Wildman–Crippen LogP) is 3.72. The maximum atomic E-state index is 12.0. The van der Waals surface area contributed by atoms with Crippen molar-refractivity contribution in [2.75, 3.05) is 6.61 Å². The van der Waals surface area contributed by atoms with E-state index in [2.05, 4.69) is 13.5 Å². The number of hydrogen-bond donors (Lipinski definition) is 0. The summed E-state index contributed by atoms with van der Waals surface area (Å²) < 4.78 is 17.5. The molecule has 0 saturated carbocycles. The van der Waals surface area contributed by atoms with Crippen LogP contribution in [0.2, 0.25) is 0 Å². The molecular formula is C14H21O2P. The van der Waals surface area contributed by atoms with Gasteiger partial charge in [0, 0.05) is 5.30 Å². The quantitative estimate of drug-likeness (QED) is 0.400. The fourth-order valence-corrected chi connectivity index (χ4v) is 2.81. The number of hydrogen-bond acceptors (Lipinski definition) is 2. The van der Waals surface area contributed by atoms with E-state index in [1.165, 1.54) is 0 Å². The first-order valence-corrected chi connectivity index (χ1v) is 7.47. The Kier molecular flexibility index (Phi) is 6.91. The van der Waals surface area contributed by atoms with E-state index in [0.717, 1.165) is 36.6 Å². The van der Waals surface area contributed by atoms with Crippen molar-refractivity contribution in [2.24, 2.45) is 0 Å². The zero-order chi connectivity index (χ0) is 12.5. The molecule has 0 saturated heterocycles. The maximum absolute atomic E-state index is 12.0. The van der Waals surface area contributed by atoms with Crippen LogP contribution in [0.4, 0.5) is 0 Å². The second-order valence-electron chi connectivity index (χ2n) is 3.99. The molecule has 0 N–H and O–H groups in total. The van der Waals surface area contributed by atoms with Gasteiger partial charge in [-0.1, -0.05) is 44.0 Å². The summed E-state index contributed by atoms with van der Waals surface area (Å²) in [5, 5.41) is 0.842. The minimum atomic E-state index is -2.10. The Labute approximate surface area is 105 Å². The van der Waals surface area contributed by atoms with Crippen LogP contribution >= 0.6 is 8.03 Å². The lowest BCUT2D eigenvalue weighted by Gasteiger charge is -2.08. The van der Waals surface area contributed by atoms with Crippen LogP contribution in [0.1, 0.15) is 31.7 Å². The summed E-state index contributed by atoms with van der Waals surface area (Å²) in [6.07, 6.45) is 5.83. The van der Waals surface area contributed by atoms with E-state index in [4.69, 9.17) is 4.52 Å². The number of allylic oxidation sites excluding steroid dienone is 1. The minimum Gasteiger partial charge on any atom is -0.327 e. The van der Waals surface area contributed by atoms with Crippen molar-refractivity contribution in [2.45, 2.75) is 32.6 Å². The van der Waals surface area contributed by atoms with Crippen LogP contribution < -0.4 is 5.30 Å². The summed E-state index contributed by atoms with van der Waals surface area (Å²) in [6.45, 7) is 6.44. The highest BCUT2D eigenvalue weighted by molar-refractivity contribution is 7.48. The molecule has 1 atom stereocenters. The molecule has 0 spiro atoms. The summed E-state index contributed by atoms with van der Waals surface area (Å²) in [4.78, 5) is 0. The van der Waals surface area contributed by atoms with Crippen LogP contribution in [0, 0.1) is 0 Å². The van der Waals surface area contributed by atoms with Gasteiger partial charge in [0.15, 0.2) is 0 Å². The average Bonchev–Trinajstić information content (AvgIpc) is 2.35. The van der Waals surface area contributed by atoms with E-state index in [0.29, 0.717) is 6.61 Å². The lowest BCUT2D eigenvalue weighted by molar-refractivity contribution is 0.323. The van der Waals surface area contributed by atoms with Gasteiger partial charge in [-0.3, -0.25) is 4.57 Å². The summed E-state index contributed by atoms with van der Waals surface area (Å²) in [5.41, 5.74) is 1.06. The molecule has 0 bridgehead atoms. The fraction of sp³-hybridized carbons (Fsp3) is 0.429. The van der Waals surface area contributed by atoms with Crippen molar-refractivity contribution in [3.05, 3.63) is 42.5 Å².